The van der Waals surface area contributed by atoms with Crippen LogP contribution in [-0.4, -0.2) is 30.4 Å². The number of nitrogens with two attached hydrogens (primary N) is 1. The molecule has 0 unspecified atom stereocenters. The maximum absolute atomic E-state index is 11.7. The van der Waals surface area contributed by atoms with Gasteiger partial charge in [-0.25, -0.2) is 0 Å². The molecule has 0 aliphatic rings. The fraction of sp³-hybridized carbons (Fsp3) is 0.909. The molecule has 0 fully saturated rings. The number of amides is 1. The smallest absolute Gasteiger partial charge is 0.222 e. The fourth-order valence-corrected chi connectivity index (χ4v) is 1.48. The number of hydrogen-bond donors (Lipinski definition) is 1. The van der Waals surface area contributed by atoms with Crippen LogP contribution in [-0.2, 0) is 4.79 Å². The molecule has 0 aromatic heterocycles. The van der Waals surface area contributed by atoms with Gasteiger partial charge in [0.2, 0.25) is 5.91 Å². The summed E-state index contributed by atoms with van der Waals surface area (Å²) in [5.41, 5.74) is 5.38. The van der Waals surface area contributed by atoms with Crippen LogP contribution in [0.25, 0.3) is 0 Å². The van der Waals surface area contributed by atoms with E-state index in [1.165, 1.54) is 0 Å². The molecule has 0 aromatic rings. The standard InChI is InChI=1S/C11H24N2O/c1-3-9-13(10-4-2)11(14)7-5-6-8-12/h3-10,12H2,1-2H3. The van der Waals surface area contributed by atoms with E-state index in [-0.39, 0.29) is 0 Å². The summed E-state index contributed by atoms with van der Waals surface area (Å²) in [6.07, 6.45) is 4.64. The van der Waals surface area contributed by atoms with Crippen molar-refractivity contribution in [2.24, 2.45) is 5.73 Å². The molecule has 0 heterocycles. The molecule has 0 saturated carbocycles. The van der Waals surface area contributed by atoms with E-state index in [0.29, 0.717) is 18.9 Å². The van der Waals surface area contributed by atoms with Crippen molar-refractivity contribution in [2.45, 2.75) is 46.0 Å². The molecular formula is C11H24N2O. The zero-order valence-electron chi connectivity index (χ0n) is 9.59. The van der Waals surface area contributed by atoms with Gasteiger partial charge in [0.25, 0.3) is 0 Å². The third-order valence-electron chi connectivity index (χ3n) is 2.18. The van der Waals surface area contributed by atoms with Crippen molar-refractivity contribution in [3.8, 4) is 0 Å². The van der Waals surface area contributed by atoms with Crippen LogP contribution < -0.4 is 5.73 Å². The van der Waals surface area contributed by atoms with Gasteiger partial charge in [-0.2, -0.15) is 0 Å². The van der Waals surface area contributed by atoms with Crippen LogP contribution >= 0.6 is 0 Å². The van der Waals surface area contributed by atoms with Crippen LogP contribution in [0.4, 0.5) is 0 Å². The van der Waals surface area contributed by atoms with E-state index in [1.807, 2.05) is 4.90 Å². The van der Waals surface area contributed by atoms with Crippen molar-refractivity contribution in [1.29, 1.82) is 0 Å². The molecule has 14 heavy (non-hydrogen) atoms. The topological polar surface area (TPSA) is 46.3 Å². The Balaban J connectivity index is 3.76. The molecule has 0 aliphatic heterocycles. The second kappa shape index (κ2) is 9.00. The number of unbranched alkanes of at least 4 members (excludes halogenated alkanes) is 1. The van der Waals surface area contributed by atoms with Crippen molar-refractivity contribution in [3.63, 3.8) is 0 Å². The van der Waals surface area contributed by atoms with Gasteiger partial charge in [-0.05, 0) is 32.2 Å². The zero-order valence-corrected chi connectivity index (χ0v) is 9.59. The number of hydrogen-bond acceptors (Lipinski definition) is 2. The van der Waals surface area contributed by atoms with E-state index >= 15 is 0 Å². The Labute approximate surface area is 87.6 Å². The highest BCUT2D eigenvalue weighted by molar-refractivity contribution is 5.76. The first-order valence-corrected chi connectivity index (χ1v) is 5.74. The minimum atomic E-state index is 0.294. The Morgan fingerprint density at radius 3 is 2.14 bits per heavy atom. The summed E-state index contributed by atoms with van der Waals surface area (Å²) in [4.78, 5) is 13.7. The van der Waals surface area contributed by atoms with E-state index < -0.39 is 0 Å². The van der Waals surface area contributed by atoms with Gasteiger partial charge in [-0.1, -0.05) is 13.8 Å². The average molecular weight is 200 g/mol. The second-order valence-electron chi connectivity index (χ2n) is 3.63. The Morgan fingerprint density at radius 1 is 1.14 bits per heavy atom. The maximum atomic E-state index is 11.7. The molecule has 0 bridgehead atoms. The summed E-state index contributed by atoms with van der Waals surface area (Å²) < 4.78 is 0. The average Bonchev–Trinajstić information content (AvgIpc) is 2.18. The number of rotatable bonds is 8. The van der Waals surface area contributed by atoms with Crippen molar-refractivity contribution < 1.29 is 4.79 Å². The molecule has 0 spiro atoms. The SMILES string of the molecule is CCCN(CCC)C(=O)CCCCN. The highest BCUT2D eigenvalue weighted by Crippen LogP contribution is 2.02. The molecule has 3 nitrogen and oxygen atoms in total. The quantitative estimate of drug-likeness (QED) is 0.607. The van der Waals surface area contributed by atoms with Gasteiger partial charge >= 0.3 is 0 Å². The lowest BCUT2D eigenvalue weighted by Gasteiger charge is -2.21. The summed E-state index contributed by atoms with van der Waals surface area (Å²) in [7, 11) is 0. The van der Waals surface area contributed by atoms with Gasteiger partial charge < -0.3 is 10.6 Å². The Morgan fingerprint density at radius 2 is 1.71 bits per heavy atom. The van der Waals surface area contributed by atoms with Gasteiger partial charge in [0.05, 0.1) is 0 Å². The Hall–Kier alpha value is -0.570. The molecular weight excluding hydrogens is 176 g/mol. The van der Waals surface area contributed by atoms with E-state index in [1.54, 1.807) is 0 Å². The normalized spacial score (nSPS) is 10.2. The summed E-state index contributed by atoms with van der Waals surface area (Å²) >= 11 is 0. The third kappa shape index (κ3) is 5.97. The molecule has 0 aliphatic carbocycles. The number of nitrogens with zero attached hydrogens (tertiary/aromatic N) is 1. The fourth-order valence-electron chi connectivity index (χ4n) is 1.48. The second-order valence-corrected chi connectivity index (χ2v) is 3.63. The van der Waals surface area contributed by atoms with Crippen LogP contribution in [0.5, 0.6) is 0 Å². The third-order valence-corrected chi connectivity index (χ3v) is 2.18. The van der Waals surface area contributed by atoms with E-state index in [9.17, 15) is 4.79 Å². The lowest BCUT2D eigenvalue weighted by Crippen LogP contribution is -2.32. The van der Waals surface area contributed by atoms with Crippen molar-refractivity contribution in [2.75, 3.05) is 19.6 Å². The van der Waals surface area contributed by atoms with E-state index in [4.69, 9.17) is 5.73 Å². The number of carbonyl (C=O) groups excluding carboxylic acids is 1. The van der Waals surface area contributed by atoms with E-state index in [2.05, 4.69) is 13.8 Å². The van der Waals surface area contributed by atoms with Crippen molar-refractivity contribution in [1.82, 2.24) is 4.90 Å². The molecule has 0 atom stereocenters. The predicted octanol–water partition coefficient (Wildman–Crippen LogP) is 1.76. The first-order valence-electron chi connectivity index (χ1n) is 5.74. The Kier molecular flexibility index (Phi) is 8.64. The number of carbonyl (C=O) groups is 1. The maximum Gasteiger partial charge on any atom is 0.222 e. The van der Waals surface area contributed by atoms with Crippen LogP contribution in [0.3, 0.4) is 0 Å². The molecule has 84 valence electrons. The molecule has 1 amide bonds. The summed E-state index contributed by atoms with van der Waals surface area (Å²) in [5.74, 6) is 0.294. The Bertz CT molecular complexity index is 142. The minimum Gasteiger partial charge on any atom is -0.343 e. The molecule has 2 N–H and O–H groups in total. The zero-order chi connectivity index (χ0) is 10.8. The van der Waals surface area contributed by atoms with Crippen LogP contribution in [0, 0.1) is 0 Å². The molecule has 0 rings (SSSR count). The summed E-state index contributed by atoms with van der Waals surface area (Å²) in [6, 6.07) is 0. The van der Waals surface area contributed by atoms with Crippen LogP contribution in [0.15, 0.2) is 0 Å². The molecule has 0 radical (unpaired) electrons. The highest BCUT2D eigenvalue weighted by Gasteiger charge is 2.10. The van der Waals surface area contributed by atoms with Gasteiger partial charge in [0.15, 0.2) is 0 Å². The van der Waals surface area contributed by atoms with Crippen LogP contribution in [0.1, 0.15) is 46.0 Å². The monoisotopic (exact) mass is 200 g/mol. The first kappa shape index (κ1) is 13.4. The lowest BCUT2D eigenvalue weighted by molar-refractivity contribution is -0.131. The molecule has 0 aromatic carbocycles. The first-order chi connectivity index (χ1) is 6.76. The summed E-state index contributed by atoms with van der Waals surface area (Å²) in [6.45, 7) is 6.70. The molecule has 0 saturated heterocycles. The van der Waals surface area contributed by atoms with Crippen molar-refractivity contribution in [3.05, 3.63) is 0 Å². The highest BCUT2D eigenvalue weighted by atomic mass is 16.2. The van der Waals surface area contributed by atoms with Gasteiger partial charge in [0.1, 0.15) is 0 Å². The van der Waals surface area contributed by atoms with Crippen LogP contribution in [0.2, 0.25) is 0 Å². The van der Waals surface area contributed by atoms with Gasteiger partial charge in [0, 0.05) is 19.5 Å². The summed E-state index contributed by atoms with van der Waals surface area (Å²) in [5, 5.41) is 0. The largest absolute Gasteiger partial charge is 0.343 e. The molecule has 3 heteroatoms. The van der Waals surface area contributed by atoms with Crippen molar-refractivity contribution >= 4 is 5.91 Å². The predicted molar refractivity (Wildman–Crippen MR) is 60.1 cm³/mol. The van der Waals surface area contributed by atoms with Gasteiger partial charge in [-0.3, -0.25) is 4.79 Å². The van der Waals surface area contributed by atoms with E-state index in [0.717, 1.165) is 38.8 Å². The lowest BCUT2D eigenvalue weighted by atomic mass is 10.2. The minimum absolute atomic E-state index is 0.294. The van der Waals surface area contributed by atoms with Gasteiger partial charge in [-0.15, -0.1) is 0 Å².